The SMILES string of the molecule is Cc1cccn2cc(CN3CCC(C(C)N)C3)nc12. The maximum atomic E-state index is 5.99. The van der Waals surface area contributed by atoms with Crippen LogP contribution in [0.25, 0.3) is 5.65 Å². The molecule has 19 heavy (non-hydrogen) atoms. The van der Waals surface area contributed by atoms with Crippen molar-refractivity contribution >= 4 is 5.65 Å². The summed E-state index contributed by atoms with van der Waals surface area (Å²) in [6, 6.07) is 4.47. The molecule has 102 valence electrons. The Morgan fingerprint density at radius 1 is 1.53 bits per heavy atom. The zero-order chi connectivity index (χ0) is 13.4. The van der Waals surface area contributed by atoms with Crippen molar-refractivity contribution in [1.29, 1.82) is 0 Å². The Hall–Kier alpha value is -1.39. The van der Waals surface area contributed by atoms with Crippen LogP contribution in [0, 0.1) is 12.8 Å². The Bertz CT molecular complexity index is 573. The molecule has 2 aromatic rings. The largest absolute Gasteiger partial charge is 0.328 e. The highest BCUT2D eigenvalue weighted by Gasteiger charge is 2.25. The molecular weight excluding hydrogens is 236 g/mol. The fourth-order valence-electron chi connectivity index (χ4n) is 2.95. The van der Waals surface area contributed by atoms with Crippen molar-refractivity contribution in [2.75, 3.05) is 13.1 Å². The smallest absolute Gasteiger partial charge is 0.139 e. The van der Waals surface area contributed by atoms with E-state index in [9.17, 15) is 0 Å². The summed E-state index contributed by atoms with van der Waals surface area (Å²) < 4.78 is 2.11. The molecule has 0 amide bonds. The first-order valence-corrected chi connectivity index (χ1v) is 7.04. The van der Waals surface area contributed by atoms with Gasteiger partial charge in [-0.15, -0.1) is 0 Å². The predicted molar refractivity (Wildman–Crippen MR) is 77.0 cm³/mol. The maximum Gasteiger partial charge on any atom is 0.139 e. The Labute approximate surface area is 114 Å². The van der Waals surface area contributed by atoms with Gasteiger partial charge in [-0.25, -0.2) is 4.98 Å². The van der Waals surface area contributed by atoms with Gasteiger partial charge in [0.1, 0.15) is 5.65 Å². The number of nitrogens with zero attached hydrogens (tertiary/aromatic N) is 3. The molecule has 0 saturated carbocycles. The highest BCUT2D eigenvalue weighted by atomic mass is 15.2. The van der Waals surface area contributed by atoms with Gasteiger partial charge in [-0.1, -0.05) is 6.07 Å². The topological polar surface area (TPSA) is 46.6 Å². The van der Waals surface area contributed by atoms with E-state index in [0.29, 0.717) is 12.0 Å². The molecular formula is C15H22N4. The Kier molecular flexibility index (Phi) is 3.29. The molecule has 2 unspecified atom stereocenters. The van der Waals surface area contributed by atoms with Crippen molar-refractivity contribution < 1.29 is 0 Å². The van der Waals surface area contributed by atoms with Crippen LogP contribution < -0.4 is 5.73 Å². The number of nitrogens with two attached hydrogens (primary N) is 1. The van der Waals surface area contributed by atoms with Crippen LogP contribution >= 0.6 is 0 Å². The zero-order valence-corrected chi connectivity index (χ0v) is 11.7. The lowest BCUT2D eigenvalue weighted by atomic mass is 10.0. The highest BCUT2D eigenvalue weighted by molar-refractivity contribution is 5.47. The molecule has 4 heteroatoms. The molecule has 1 aliphatic rings. The number of aromatic nitrogens is 2. The standard InChI is InChI=1S/C15H22N4/c1-11-4-3-6-19-10-14(17-15(11)19)9-18-7-5-13(8-18)12(2)16/h3-4,6,10,12-13H,5,7-9,16H2,1-2H3. The van der Waals surface area contributed by atoms with E-state index in [2.05, 4.69) is 47.7 Å². The Morgan fingerprint density at radius 3 is 3.05 bits per heavy atom. The Balaban J connectivity index is 1.74. The summed E-state index contributed by atoms with van der Waals surface area (Å²) in [7, 11) is 0. The molecule has 3 heterocycles. The number of rotatable bonds is 3. The van der Waals surface area contributed by atoms with Crippen molar-refractivity contribution in [3.8, 4) is 0 Å². The lowest BCUT2D eigenvalue weighted by Crippen LogP contribution is -2.29. The van der Waals surface area contributed by atoms with Crippen LogP contribution in [0.5, 0.6) is 0 Å². The van der Waals surface area contributed by atoms with Crippen LogP contribution in [0.1, 0.15) is 24.6 Å². The lowest BCUT2D eigenvalue weighted by molar-refractivity contribution is 0.305. The second kappa shape index (κ2) is 4.94. The van der Waals surface area contributed by atoms with Gasteiger partial charge < -0.3 is 10.1 Å². The molecule has 1 fully saturated rings. The van der Waals surface area contributed by atoms with Crippen LogP contribution in [0.15, 0.2) is 24.5 Å². The summed E-state index contributed by atoms with van der Waals surface area (Å²) in [5.74, 6) is 0.638. The molecule has 4 nitrogen and oxygen atoms in total. The van der Waals surface area contributed by atoms with E-state index < -0.39 is 0 Å². The molecule has 2 atom stereocenters. The average molecular weight is 258 g/mol. The van der Waals surface area contributed by atoms with Crippen molar-refractivity contribution in [1.82, 2.24) is 14.3 Å². The summed E-state index contributed by atoms with van der Waals surface area (Å²) >= 11 is 0. The molecule has 0 aromatic carbocycles. The third-order valence-electron chi connectivity index (χ3n) is 4.17. The van der Waals surface area contributed by atoms with Crippen LogP contribution in [-0.4, -0.2) is 33.4 Å². The monoisotopic (exact) mass is 258 g/mol. The summed E-state index contributed by atoms with van der Waals surface area (Å²) in [6.07, 6.45) is 5.42. The minimum absolute atomic E-state index is 0.299. The fraction of sp³-hybridized carbons (Fsp3) is 0.533. The van der Waals surface area contributed by atoms with Gasteiger partial charge >= 0.3 is 0 Å². The average Bonchev–Trinajstić information content (AvgIpc) is 2.96. The van der Waals surface area contributed by atoms with Crippen molar-refractivity contribution in [3.63, 3.8) is 0 Å². The number of hydrogen-bond donors (Lipinski definition) is 1. The number of aryl methyl sites for hydroxylation is 1. The molecule has 0 aliphatic carbocycles. The van der Waals surface area contributed by atoms with Gasteiger partial charge in [-0.05, 0) is 44.4 Å². The number of pyridine rings is 1. The van der Waals surface area contributed by atoms with E-state index in [-0.39, 0.29) is 0 Å². The third-order valence-corrected chi connectivity index (χ3v) is 4.17. The molecule has 0 radical (unpaired) electrons. The van der Waals surface area contributed by atoms with Gasteiger partial charge in [0, 0.05) is 31.5 Å². The van der Waals surface area contributed by atoms with Crippen LogP contribution in [-0.2, 0) is 6.54 Å². The first-order valence-electron chi connectivity index (χ1n) is 7.04. The molecule has 1 aliphatic heterocycles. The first-order chi connectivity index (χ1) is 9.13. The van der Waals surface area contributed by atoms with Crippen molar-refractivity contribution in [3.05, 3.63) is 35.8 Å². The fourth-order valence-corrected chi connectivity index (χ4v) is 2.95. The zero-order valence-electron chi connectivity index (χ0n) is 11.7. The molecule has 1 saturated heterocycles. The molecule has 0 spiro atoms. The van der Waals surface area contributed by atoms with E-state index in [0.717, 1.165) is 31.0 Å². The summed E-state index contributed by atoms with van der Waals surface area (Å²) in [4.78, 5) is 7.20. The van der Waals surface area contributed by atoms with Gasteiger partial charge in [0.15, 0.2) is 0 Å². The van der Waals surface area contributed by atoms with Crippen LogP contribution in [0.2, 0.25) is 0 Å². The predicted octanol–water partition coefficient (Wildman–Crippen LogP) is 1.81. The minimum atomic E-state index is 0.299. The molecule has 0 bridgehead atoms. The Morgan fingerprint density at radius 2 is 2.37 bits per heavy atom. The van der Waals surface area contributed by atoms with Gasteiger partial charge in [-0.3, -0.25) is 4.90 Å². The quantitative estimate of drug-likeness (QED) is 0.913. The number of fused-ring (bicyclic) bond motifs is 1. The lowest BCUT2D eigenvalue weighted by Gasteiger charge is -2.16. The summed E-state index contributed by atoms with van der Waals surface area (Å²) in [6.45, 7) is 7.39. The molecule has 2 aromatic heterocycles. The second-order valence-corrected chi connectivity index (χ2v) is 5.80. The summed E-state index contributed by atoms with van der Waals surface area (Å²) in [5, 5.41) is 0. The number of hydrogen-bond acceptors (Lipinski definition) is 3. The van der Waals surface area contributed by atoms with E-state index in [1.165, 1.54) is 12.0 Å². The van der Waals surface area contributed by atoms with Gasteiger partial charge in [-0.2, -0.15) is 0 Å². The second-order valence-electron chi connectivity index (χ2n) is 5.80. The molecule has 3 rings (SSSR count). The van der Waals surface area contributed by atoms with Gasteiger partial charge in [0.05, 0.1) is 5.69 Å². The highest BCUT2D eigenvalue weighted by Crippen LogP contribution is 2.21. The third kappa shape index (κ3) is 2.51. The van der Waals surface area contributed by atoms with Gasteiger partial charge in [0.25, 0.3) is 0 Å². The van der Waals surface area contributed by atoms with Crippen LogP contribution in [0.4, 0.5) is 0 Å². The maximum absolute atomic E-state index is 5.99. The van der Waals surface area contributed by atoms with Crippen molar-refractivity contribution in [2.24, 2.45) is 11.7 Å². The van der Waals surface area contributed by atoms with E-state index in [1.807, 2.05) is 0 Å². The van der Waals surface area contributed by atoms with Gasteiger partial charge in [0.2, 0.25) is 0 Å². The number of likely N-dealkylation sites (tertiary alicyclic amines) is 1. The number of imidazole rings is 1. The van der Waals surface area contributed by atoms with E-state index in [1.54, 1.807) is 0 Å². The first kappa shape index (κ1) is 12.6. The summed E-state index contributed by atoms with van der Waals surface area (Å²) in [5.41, 5.74) is 9.44. The minimum Gasteiger partial charge on any atom is -0.328 e. The molecule has 2 N–H and O–H groups in total. The van der Waals surface area contributed by atoms with E-state index in [4.69, 9.17) is 10.7 Å². The van der Waals surface area contributed by atoms with Crippen LogP contribution in [0.3, 0.4) is 0 Å². The van der Waals surface area contributed by atoms with Crippen molar-refractivity contribution in [2.45, 2.75) is 32.9 Å². The van der Waals surface area contributed by atoms with E-state index >= 15 is 0 Å². The normalized spacial score (nSPS) is 22.2.